The molecule has 0 aliphatic heterocycles. The van der Waals surface area contributed by atoms with E-state index in [4.69, 9.17) is 14.7 Å². The second kappa shape index (κ2) is 4.64. The van der Waals surface area contributed by atoms with Crippen LogP contribution >= 0.6 is 11.3 Å². The molecule has 0 atom stereocenters. The van der Waals surface area contributed by atoms with Crippen LogP contribution in [0.5, 0.6) is 11.5 Å². The van der Waals surface area contributed by atoms with Gasteiger partial charge in [-0.3, -0.25) is 0 Å². The number of benzene rings is 1. The van der Waals surface area contributed by atoms with Crippen LogP contribution < -0.4 is 9.47 Å². The van der Waals surface area contributed by atoms with E-state index in [1.165, 1.54) is 11.3 Å². The fraction of sp³-hybridized carbons (Fsp3) is 0.308. The maximum absolute atomic E-state index is 9.11. The molecule has 0 saturated carbocycles. The van der Waals surface area contributed by atoms with Crippen LogP contribution in [0.4, 0.5) is 0 Å². The number of hydrogen-bond acceptors (Lipinski definition) is 4. The van der Waals surface area contributed by atoms with Gasteiger partial charge in [0, 0.05) is 10.1 Å². The molecule has 0 radical (unpaired) electrons. The summed E-state index contributed by atoms with van der Waals surface area (Å²) >= 11 is 1.44. The third kappa shape index (κ3) is 2.20. The normalized spacial score (nSPS) is 10.5. The van der Waals surface area contributed by atoms with Crippen molar-refractivity contribution < 1.29 is 9.47 Å². The van der Waals surface area contributed by atoms with Gasteiger partial charge >= 0.3 is 0 Å². The van der Waals surface area contributed by atoms with Crippen molar-refractivity contribution in [1.82, 2.24) is 0 Å². The Bertz CT molecular complexity index is 581. The predicted octanol–water partition coefficient (Wildman–Crippen LogP) is 3.57. The summed E-state index contributed by atoms with van der Waals surface area (Å²) in [6.45, 7) is 3.90. The smallest absolute Gasteiger partial charge is 0.156 e. The number of rotatable bonds is 3. The molecule has 88 valence electrons. The fourth-order valence-corrected chi connectivity index (χ4v) is 2.52. The first-order chi connectivity index (χ1) is 8.15. The van der Waals surface area contributed by atoms with Gasteiger partial charge in [0.05, 0.1) is 13.2 Å². The molecular formula is C13H13NO2S. The highest BCUT2D eigenvalue weighted by Crippen LogP contribution is 2.39. The first-order valence-electron chi connectivity index (χ1n) is 5.33. The molecule has 1 aromatic carbocycles. The van der Waals surface area contributed by atoms with Crippen LogP contribution in [0.1, 0.15) is 18.7 Å². The van der Waals surface area contributed by atoms with E-state index in [9.17, 15) is 0 Å². The Morgan fingerprint density at radius 1 is 1.35 bits per heavy atom. The SMILES string of the molecule is COc1ccc2sc(C#N)c(OC(C)C)c2c1. The second-order valence-corrected chi connectivity index (χ2v) is 4.95. The van der Waals surface area contributed by atoms with Crippen molar-refractivity contribution in [3.05, 3.63) is 23.1 Å². The summed E-state index contributed by atoms with van der Waals surface area (Å²) in [5.74, 6) is 1.44. The molecule has 0 bridgehead atoms. The van der Waals surface area contributed by atoms with Gasteiger partial charge in [-0.15, -0.1) is 11.3 Å². The Kier molecular flexibility index (Phi) is 3.21. The molecular weight excluding hydrogens is 234 g/mol. The zero-order valence-electron chi connectivity index (χ0n) is 9.98. The summed E-state index contributed by atoms with van der Waals surface area (Å²) in [7, 11) is 1.63. The van der Waals surface area contributed by atoms with Crippen molar-refractivity contribution >= 4 is 21.4 Å². The first-order valence-corrected chi connectivity index (χ1v) is 6.14. The molecule has 0 N–H and O–H groups in total. The van der Waals surface area contributed by atoms with Gasteiger partial charge in [-0.1, -0.05) is 0 Å². The standard InChI is InChI=1S/C13H13NO2S/c1-8(2)16-13-10-6-9(15-3)4-5-11(10)17-12(13)7-14/h4-6,8H,1-3H3. The molecule has 0 fully saturated rings. The number of thiophene rings is 1. The minimum absolute atomic E-state index is 0.0473. The number of methoxy groups -OCH3 is 1. The quantitative estimate of drug-likeness (QED) is 0.832. The average Bonchev–Trinajstić information content (AvgIpc) is 2.66. The van der Waals surface area contributed by atoms with Gasteiger partial charge in [-0.05, 0) is 32.0 Å². The Hall–Kier alpha value is -1.73. The lowest BCUT2D eigenvalue weighted by Crippen LogP contribution is -2.05. The Morgan fingerprint density at radius 3 is 2.71 bits per heavy atom. The van der Waals surface area contributed by atoms with E-state index in [1.54, 1.807) is 7.11 Å². The molecule has 0 unspecified atom stereocenters. The number of hydrogen-bond donors (Lipinski definition) is 0. The second-order valence-electron chi connectivity index (χ2n) is 3.90. The largest absolute Gasteiger partial charge is 0.497 e. The summed E-state index contributed by atoms with van der Waals surface area (Å²) in [6.07, 6.45) is 0.0473. The van der Waals surface area contributed by atoms with Crippen LogP contribution in [0.3, 0.4) is 0 Å². The molecule has 2 aromatic rings. The Balaban J connectivity index is 2.63. The van der Waals surface area contributed by atoms with Gasteiger partial charge in [-0.2, -0.15) is 5.26 Å². The molecule has 0 amide bonds. The van der Waals surface area contributed by atoms with Crippen molar-refractivity contribution in [1.29, 1.82) is 5.26 Å². The van der Waals surface area contributed by atoms with Crippen molar-refractivity contribution in [2.45, 2.75) is 20.0 Å². The van der Waals surface area contributed by atoms with E-state index in [1.807, 2.05) is 32.0 Å². The number of ether oxygens (including phenoxy) is 2. The zero-order chi connectivity index (χ0) is 12.4. The minimum Gasteiger partial charge on any atom is -0.497 e. The molecule has 0 aliphatic carbocycles. The van der Waals surface area contributed by atoms with Gasteiger partial charge in [0.15, 0.2) is 5.75 Å². The van der Waals surface area contributed by atoms with Crippen molar-refractivity contribution in [2.24, 2.45) is 0 Å². The molecule has 4 heteroatoms. The van der Waals surface area contributed by atoms with Crippen molar-refractivity contribution in [2.75, 3.05) is 7.11 Å². The number of nitriles is 1. The number of nitrogens with zero attached hydrogens (tertiary/aromatic N) is 1. The van der Waals surface area contributed by atoms with E-state index in [2.05, 4.69) is 6.07 Å². The van der Waals surface area contributed by atoms with Gasteiger partial charge in [0.2, 0.25) is 0 Å². The molecule has 1 aromatic heterocycles. The lowest BCUT2D eigenvalue weighted by molar-refractivity contribution is 0.245. The zero-order valence-corrected chi connectivity index (χ0v) is 10.8. The maximum Gasteiger partial charge on any atom is 0.156 e. The van der Waals surface area contributed by atoms with Crippen molar-refractivity contribution in [3.63, 3.8) is 0 Å². The summed E-state index contributed by atoms with van der Waals surface area (Å²) < 4.78 is 12.0. The van der Waals surface area contributed by atoms with Gasteiger partial charge in [0.1, 0.15) is 16.7 Å². The third-order valence-corrected chi connectivity index (χ3v) is 3.36. The van der Waals surface area contributed by atoms with Gasteiger partial charge in [0.25, 0.3) is 0 Å². The Morgan fingerprint density at radius 2 is 2.12 bits per heavy atom. The number of fused-ring (bicyclic) bond motifs is 1. The monoisotopic (exact) mass is 247 g/mol. The van der Waals surface area contributed by atoms with Gasteiger partial charge in [-0.25, -0.2) is 0 Å². The lowest BCUT2D eigenvalue weighted by atomic mass is 10.2. The van der Waals surface area contributed by atoms with Crippen LogP contribution in [0, 0.1) is 11.3 Å². The van der Waals surface area contributed by atoms with Crippen LogP contribution in [-0.2, 0) is 0 Å². The highest BCUT2D eigenvalue weighted by Gasteiger charge is 2.15. The highest BCUT2D eigenvalue weighted by molar-refractivity contribution is 7.20. The molecule has 1 heterocycles. The van der Waals surface area contributed by atoms with E-state index < -0.39 is 0 Å². The predicted molar refractivity (Wildman–Crippen MR) is 68.9 cm³/mol. The molecule has 3 nitrogen and oxygen atoms in total. The average molecular weight is 247 g/mol. The summed E-state index contributed by atoms with van der Waals surface area (Å²) in [5.41, 5.74) is 0. The van der Waals surface area contributed by atoms with Crippen LogP contribution in [0.15, 0.2) is 18.2 Å². The highest BCUT2D eigenvalue weighted by atomic mass is 32.1. The van der Waals surface area contributed by atoms with E-state index in [-0.39, 0.29) is 6.10 Å². The van der Waals surface area contributed by atoms with Crippen LogP contribution in [0.25, 0.3) is 10.1 Å². The lowest BCUT2D eigenvalue weighted by Gasteiger charge is -2.09. The minimum atomic E-state index is 0.0473. The molecule has 2 rings (SSSR count). The molecule has 0 aliphatic rings. The summed E-state index contributed by atoms with van der Waals surface area (Å²) in [4.78, 5) is 0.613. The Labute approximate surface area is 104 Å². The first kappa shape index (κ1) is 11.7. The van der Waals surface area contributed by atoms with Crippen LogP contribution in [-0.4, -0.2) is 13.2 Å². The van der Waals surface area contributed by atoms with E-state index >= 15 is 0 Å². The molecule has 17 heavy (non-hydrogen) atoms. The fourth-order valence-electron chi connectivity index (χ4n) is 1.61. The van der Waals surface area contributed by atoms with Gasteiger partial charge < -0.3 is 9.47 Å². The maximum atomic E-state index is 9.11. The summed E-state index contributed by atoms with van der Waals surface area (Å²) in [6, 6.07) is 7.93. The van der Waals surface area contributed by atoms with E-state index in [0.717, 1.165) is 15.8 Å². The van der Waals surface area contributed by atoms with Crippen LogP contribution in [0.2, 0.25) is 0 Å². The van der Waals surface area contributed by atoms with Crippen molar-refractivity contribution in [3.8, 4) is 17.6 Å². The van der Waals surface area contributed by atoms with E-state index in [0.29, 0.717) is 10.6 Å². The topological polar surface area (TPSA) is 42.2 Å². The third-order valence-electron chi connectivity index (χ3n) is 2.30. The summed E-state index contributed by atoms with van der Waals surface area (Å²) in [5, 5.41) is 10.1. The molecule has 0 spiro atoms. The molecule has 0 saturated heterocycles.